The molecule has 1 aromatic heterocycles. The summed E-state index contributed by atoms with van der Waals surface area (Å²) in [6.07, 6.45) is 0. The average Bonchev–Trinajstić information content (AvgIpc) is 2.95. The van der Waals surface area contributed by atoms with Crippen molar-refractivity contribution < 1.29 is 14.1 Å². The van der Waals surface area contributed by atoms with E-state index in [1.165, 1.54) is 0 Å². The fraction of sp³-hybridized carbons (Fsp3) is 0.312. The molecule has 1 aromatic carbocycles. The topological polar surface area (TPSA) is 87.5 Å². The van der Waals surface area contributed by atoms with Crippen molar-refractivity contribution in [2.75, 3.05) is 24.2 Å². The van der Waals surface area contributed by atoms with Crippen LogP contribution in [-0.4, -0.2) is 41.5 Å². The molecule has 0 saturated heterocycles. The molecule has 0 fully saturated rings. The molecule has 1 heterocycles. The number of carbonyl (C=O) groups is 2. The molecule has 0 aliphatic carbocycles. The summed E-state index contributed by atoms with van der Waals surface area (Å²) in [5.41, 5.74) is 0.347. The lowest BCUT2D eigenvalue weighted by Gasteiger charge is -2.23. The molecule has 0 saturated carbocycles. The van der Waals surface area contributed by atoms with Gasteiger partial charge in [0.25, 0.3) is 0 Å². The Bertz CT molecular complexity index is 758. The van der Waals surface area contributed by atoms with Crippen LogP contribution in [0.2, 0.25) is 10.0 Å². The third-order valence-corrected chi connectivity index (χ3v) is 4.17. The summed E-state index contributed by atoms with van der Waals surface area (Å²) in [6.45, 7) is 3.38. The normalized spacial score (nSPS) is 12.1. The van der Waals surface area contributed by atoms with Gasteiger partial charge in [0.05, 0.1) is 28.3 Å². The summed E-state index contributed by atoms with van der Waals surface area (Å²) in [5.74, 6) is 0.274. The van der Waals surface area contributed by atoms with Crippen LogP contribution in [0.15, 0.2) is 28.8 Å². The Labute approximate surface area is 155 Å². The van der Waals surface area contributed by atoms with Gasteiger partial charge in [0, 0.05) is 6.07 Å². The zero-order chi connectivity index (χ0) is 18.6. The molecule has 25 heavy (non-hydrogen) atoms. The first kappa shape index (κ1) is 19.2. The van der Waals surface area contributed by atoms with Gasteiger partial charge in [0.1, 0.15) is 5.76 Å². The zero-order valence-corrected chi connectivity index (χ0v) is 15.5. The number of halogens is 2. The summed E-state index contributed by atoms with van der Waals surface area (Å²) < 4.78 is 4.89. The number of carbonyl (C=O) groups excluding carboxylic acids is 2. The van der Waals surface area contributed by atoms with Crippen molar-refractivity contribution in [3.63, 3.8) is 0 Å². The Hall–Kier alpha value is -2.09. The Morgan fingerprint density at radius 2 is 1.92 bits per heavy atom. The largest absolute Gasteiger partial charge is 0.360 e. The number of aromatic nitrogens is 1. The van der Waals surface area contributed by atoms with E-state index < -0.39 is 6.04 Å². The average molecular weight is 385 g/mol. The van der Waals surface area contributed by atoms with Crippen molar-refractivity contribution in [1.82, 2.24) is 10.1 Å². The zero-order valence-electron chi connectivity index (χ0n) is 14.0. The van der Waals surface area contributed by atoms with E-state index in [0.29, 0.717) is 27.3 Å². The number of likely N-dealkylation sites (N-methyl/N-ethyl adjacent to an activating group) is 1. The number of nitrogens with one attached hydrogen (secondary N) is 2. The lowest BCUT2D eigenvalue weighted by atomic mass is 10.2. The van der Waals surface area contributed by atoms with E-state index in [1.54, 1.807) is 50.1 Å². The lowest BCUT2D eigenvalue weighted by Crippen LogP contribution is -2.43. The molecule has 0 radical (unpaired) electrons. The second-order valence-corrected chi connectivity index (χ2v) is 6.36. The first-order valence-corrected chi connectivity index (χ1v) is 8.22. The molecule has 2 amide bonds. The highest BCUT2D eigenvalue weighted by Crippen LogP contribution is 2.29. The molecule has 0 aliphatic rings. The minimum Gasteiger partial charge on any atom is -0.360 e. The van der Waals surface area contributed by atoms with Crippen LogP contribution in [0.1, 0.15) is 12.7 Å². The SMILES string of the molecule is Cc1cc(NC(=O)C(C)N(C)CC(=O)Nc2c(Cl)cccc2Cl)no1. The maximum atomic E-state index is 12.2. The van der Waals surface area contributed by atoms with E-state index in [4.69, 9.17) is 27.7 Å². The number of aryl methyl sites for hydroxylation is 1. The Morgan fingerprint density at radius 1 is 1.28 bits per heavy atom. The molecule has 0 bridgehead atoms. The van der Waals surface area contributed by atoms with E-state index in [1.807, 2.05) is 0 Å². The second-order valence-electron chi connectivity index (χ2n) is 5.55. The molecule has 0 aliphatic heterocycles. The van der Waals surface area contributed by atoms with Crippen molar-refractivity contribution in [2.45, 2.75) is 19.9 Å². The second kappa shape index (κ2) is 8.33. The van der Waals surface area contributed by atoms with Gasteiger partial charge in [-0.25, -0.2) is 0 Å². The molecule has 2 aromatic rings. The molecular formula is C16H18Cl2N4O3. The van der Waals surface area contributed by atoms with Gasteiger partial charge < -0.3 is 15.2 Å². The number of anilines is 2. The van der Waals surface area contributed by atoms with Crippen LogP contribution in [0.3, 0.4) is 0 Å². The van der Waals surface area contributed by atoms with Crippen molar-refractivity contribution in [2.24, 2.45) is 0 Å². The van der Waals surface area contributed by atoms with Crippen molar-refractivity contribution >= 4 is 46.5 Å². The van der Waals surface area contributed by atoms with Crippen LogP contribution in [0, 0.1) is 6.92 Å². The third-order valence-electron chi connectivity index (χ3n) is 3.54. The monoisotopic (exact) mass is 384 g/mol. The number of amides is 2. The standard InChI is InChI=1S/C16H18Cl2N4O3/c1-9-7-13(21-25-9)19-16(24)10(2)22(3)8-14(23)20-15-11(17)5-4-6-12(15)18/h4-7,10H,8H2,1-3H3,(H,20,23)(H,19,21,24). The van der Waals surface area contributed by atoms with Gasteiger partial charge in [0.2, 0.25) is 11.8 Å². The summed E-state index contributed by atoms with van der Waals surface area (Å²) in [4.78, 5) is 26.0. The summed E-state index contributed by atoms with van der Waals surface area (Å²) >= 11 is 12.0. The smallest absolute Gasteiger partial charge is 0.242 e. The molecule has 0 spiro atoms. The first-order chi connectivity index (χ1) is 11.8. The molecule has 2 rings (SSSR count). The fourth-order valence-corrected chi connectivity index (χ4v) is 2.51. The number of nitrogens with zero attached hydrogens (tertiary/aromatic N) is 2. The van der Waals surface area contributed by atoms with E-state index in [9.17, 15) is 9.59 Å². The fourth-order valence-electron chi connectivity index (χ4n) is 2.02. The highest BCUT2D eigenvalue weighted by molar-refractivity contribution is 6.39. The van der Waals surface area contributed by atoms with E-state index in [2.05, 4.69) is 15.8 Å². The molecule has 2 N–H and O–H groups in total. The van der Waals surface area contributed by atoms with Gasteiger partial charge in [-0.05, 0) is 33.0 Å². The van der Waals surface area contributed by atoms with Crippen LogP contribution in [0.5, 0.6) is 0 Å². The van der Waals surface area contributed by atoms with Gasteiger partial charge in [0.15, 0.2) is 5.82 Å². The molecule has 1 atom stereocenters. The number of hydrogen-bond acceptors (Lipinski definition) is 5. The van der Waals surface area contributed by atoms with E-state index in [0.717, 1.165) is 0 Å². The van der Waals surface area contributed by atoms with Crippen LogP contribution in [0.25, 0.3) is 0 Å². The van der Waals surface area contributed by atoms with Crippen molar-refractivity contribution in [1.29, 1.82) is 0 Å². The van der Waals surface area contributed by atoms with Crippen LogP contribution >= 0.6 is 23.2 Å². The number of para-hydroxylation sites is 1. The summed E-state index contributed by atoms with van der Waals surface area (Å²) in [5, 5.41) is 9.66. The lowest BCUT2D eigenvalue weighted by molar-refractivity contribution is -0.122. The Balaban J connectivity index is 1.92. The highest BCUT2D eigenvalue weighted by Gasteiger charge is 2.21. The molecule has 9 heteroatoms. The molecule has 1 unspecified atom stereocenters. The third kappa shape index (κ3) is 5.19. The number of rotatable bonds is 6. The highest BCUT2D eigenvalue weighted by atomic mass is 35.5. The van der Waals surface area contributed by atoms with Crippen molar-refractivity contribution in [3.05, 3.63) is 40.1 Å². The Kier molecular flexibility index (Phi) is 6.41. The minimum atomic E-state index is -0.565. The molecular weight excluding hydrogens is 367 g/mol. The van der Waals surface area contributed by atoms with Gasteiger partial charge in [-0.15, -0.1) is 0 Å². The van der Waals surface area contributed by atoms with Crippen LogP contribution in [-0.2, 0) is 9.59 Å². The molecule has 7 nitrogen and oxygen atoms in total. The maximum Gasteiger partial charge on any atom is 0.242 e. The van der Waals surface area contributed by atoms with Gasteiger partial charge >= 0.3 is 0 Å². The van der Waals surface area contributed by atoms with E-state index in [-0.39, 0.29) is 18.4 Å². The predicted molar refractivity (Wildman–Crippen MR) is 97.1 cm³/mol. The minimum absolute atomic E-state index is 0.0199. The maximum absolute atomic E-state index is 12.2. The predicted octanol–water partition coefficient (Wildman–Crippen LogP) is 3.19. The van der Waals surface area contributed by atoms with Gasteiger partial charge in [-0.3, -0.25) is 14.5 Å². The number of benzene rings is 1. The quantitative estimate of drug-likeness (QED) is 0.798. The van der Waals surface area contributed by atoms with E-state index >= 15 is 0 Å². The first-order valence-electron chi connectivity index (χ1n) is 7.46. The molecule has 134 valence electrons. The summed E-state index contributed by atoms with van der Waals surface area (Å²) in [6, 6.07) is 5.98. The van der Waals surface area contributed by atoms with Gasteiger partial charge in [-0.2, -0.15) is 0 Å². The number of hydrogen-bond donors (Lipinski definition) is 2. The Morgan fingerprint density at radius 3 is 2.48 bits per heavy atom. The van der Waals surface area contributed by atoms with Crippen molar-refractivity contribution in [3.8, 4) is 0 Å². The van der Waals surface area contributed by atoms with Gasteiger partial charge in [-0.1, -0.05) is 34.4 Å². The van der Waals surface area contributed by atoms with Crippen LogP contribution in [0.4, 0.5) is 11.5 Å². The summed E-state index contributed by atoms with van der Waals surface area (Å²) in [7, 11) is 1.66. The van der Waals surface area contributed by atoms with Crippen LogP contribution < -0.4 is 10.6 Å².